The minimum atomic E-state index is -0.241. The van der Waals surface area contributed by atoms with Gasteiger partial charge < -0.3 is 14.9 Å². The Hall–Kier alpha value is -2.89. The number of amides is 1. The molecule has 0 spiro atoms. The zero-order valence-electron chi connectivity index (χ0n) is 13.1. The highest BCUT2D eigenvalue weighted by molar-refractivity contribution is 5.96. The van der Waals surface area contributed by atoms with Crippen molar-refractivity contribution < 1.29 is 4.79 Å². The quantitative estimate of drug-likeness (QED) is 0.776. The van der Waals surface area contributed by atoms with Gasteiger partial charge in [-0.2, -0.15) is 0 Å². The second kappa shape index (κ2) is 5.96. The highest BCUT2D eigenvalue weighted by Gasteiger charge is 2.30. The van der Waals surface area contributed by atoms with Gasteiger partial charge in [0.1, 0.15) is 5.69 Å². The van der Waals surface area contributed by atoms with Gasteiger partial charge in [-0.1, -0.05) is 18.2 Å². The van der Waals surface area contributed by atoms with Crippen LogP contribution in [-0.2, 0) is 0 Å². The number of fused-ring (bicyclic) bond motifs is 1. The lowest BCUT2D eigenvalue weighted by Crippen LogP contribution is -2.39. The lowest BCUT2D eigenvalue weighted by Gasteiger charge is -2.22. The second-order valence-corrected chi connectivity index (χ2v) is 6.19. The first-order valence-corrected chi connectivity index (χ1v) is 8.13. The van der Waals surface area contributed by atoms with Crippen molar-refractivity contribution in [2.75, 3.05) is 0 Å². The number of aromatic amines is 1. The molecule has 24 heavy (non-hydrogen) atoms. The summed E-state index contributed by atoms with van der Waals surface area (Å²) >= 11 is 0. The van der Waals surface area contributed by atoms with E-state index in [1.165, 1.54) is 0 Å². The van der Waals surface area contributed by atoms with E-state index in [-0.39, 0.29) is 23.6 Å². The van der Waals surface area contributed by atoms with E-state index in [1.807, 2.05) is 29.0 Å². The molecule has 2 heterocycles. The summed E-state index contributed by atoms with van der Waals surface area (Å²) in [5, 5.41) is 4.42. The second-order valence-electron chi connectivity index (χ2n) is 6.19. The van der Waals surface area contributed by atoms with Crippen LogP contribution < -0.4 is 10.9 Å². The van der Waals surface area contributed by atoms with Crippen LogP contribution in [0.3, 0.4) is 0 Å². The molecule has 1 amide bonds. The fourth-order valence-electron chi connectivity index (χ4n) is 3.51. The number of benzene rings is 1. The van der Waals surface area contributed by atoms with Crippen LogP contribution in [0.1, 0.15) is 35.8 Å². The summed E-state index contributed by atoms with van der Waals surface area (Å²) in [6.07, 6.45) is 8.45. The molecule has 2 aromatic heterocycles. The summed E-state index contributed by atoms with van der Waals surface area (Å²) in [7, 11) is 0. The molecule has 0 saturated heterocycles. The maximum atomic E-state index is 12.6. The van der Waals surface area contributed by atoms with Gasteiger partial charge in [0.2, 0.25) is 0 Å². The van der Waals surface area contributed by atoms with Gasteiger partial charge in [-0.3, -0.25) is 9.59 Å². The highest BCUT2D eigenvalue weighted by Crippen LogP contribution is 2.30. The van der Waals surface area contributed by atoms with Gasteiger partial charge in [0, 0.05) is 23.8 Å². The van der Waals surface area contributed by atoms with Gasteiger partial charge in [0.15, 0.2) is 0 Å². The van der Waals surface area contributed by atoms with Crippen LogP contribution in [0.25, 0.3) is 10.8 Å². The predicted molar refractivity (Wildman–Crippen MR) is 90.9 cm³/mol. The topological polar surface area (TPSA) is 79.8 Å². The van der Waals surface area contributed by atoms with Gasteiger partial charge in [0.05, 0.1) is 12.4 Å². The first-order chi connectivity index (χ1) is 11.7. The van der Waals surface area contributed by atoms with E-state index in [1.54, 1.807) is 24.7 Å². The Kier molecular flexibility index (Phi) is 3.65. The fourth-order valence-corrected chi connectivity index (χ4v) is 3.51. The summed E-state index contributed by atoms with van der Waals surface area (Å²) in [6.45, 7) is 0. The summed E-state index contributed by atoms with van der Waals surface area (Å²) in [4.78, 5) is 31.5. The maximum Gasteiger partial charge on any atom is 0.268 e. The number of hydrogen-bond acceptors (Lipinski definition) is 3. The van der Waals surface area contributed by atoms with Gasteiger partial charge in [0.25, 0.3) is 11.5 Å². The minimum Gasteiger partial charge on any atom is -0.346 e. The zero-order valence-corrected chi connectivity index (χ0v) is 13.1. The molecule has 0 unspecified atom stereocenters. The normalized spacial score (nSPS) is 20.3. The van der Waals surface area contributed by atoms with Crippen molar-refractivity contribution in [2.24, 2.45) is 0 Å². The Labute approximate surface area is 138 Å². The zero-order chi connectivity index (χ0) is 16.5. The molecule has 6 nitrogen and oxygen atoms in total. The molecule has 1 fully saturated rings. The van der Waals surface area contributed by atoms with Crippen LogP contribution in [0.2, 0.25) is 0 Å². The van der Waals surface area contributed by atoms with Crippen LogP contribution in [0, 0.1) is 0 Å². The first kappa shape index (κ1) is 14.7. The summed E-state index contributed by atoms with van der Waals surface area (Å²) in [5.74, 6) is -0.241. The SMILES string of the molecule is O=C(N[C@@H]1CCC[C@@H]1n1ccnc1)c1cc2ccccc2c(=O)[nH]1. The molecule has 1 saturated carbocycles. The van der Waals surface area contributed by atoms with Crippen LogP contribution >= 0.6 is 0 Å². The van der Waals surface area contributed by atoms with E-state index in [4.69, 9.17) is 0 Å². The monoisotopic (exact) mass is 322 g/mol. The van der Waals surface area contributed by atoms with E-state index in [2.05, 4.69) is 15.3 Å². The Bertz CT molecular complexity index is 930. The van der Waals surface area contributed by atoms with Gasteiger partial charge >= 0.3 is 0 Å². The third kappa shape index (κ3) is 2.60. The Morgan fingerprint density at radius 2 is 2.17 bits per heavy atom. The van der Waals surface area contributed by atoms with Crippen molar-refractivity contribution in [3.8, 4) is 0 Å². The average Bonchev–Trinajstić information content (AvgIpc) is 3.25. The van der Waals surface area contributed by atoms with E-state index < -0.39 is 0 Å². The number of pyridine rings is 1. The molecule has 1 aliphatic rings. The van der Waals surface area contributed by atoms with Crippen molar-refractivity contribution in [3.05, 3.63) is 65.1 Å². The molecule has 0 radical (unpaired) electrons. The summed E-state index contributed by atoms with van der Waals surface area (Å²) in [6, 6.07) is 9.24. The third-order valence-electron chi connectivity index (χ3n) is 4.70. The van der Waals surface area contributed by atoms with E-state index in [0.717, 1.165) is 24.6 Å². The van der Waals surface area contributed by atoms with Gasteiger partial charge in [-0.05, 0) is 36.8 Å². The lowest BCUT2D eigenvalue weighted by atomic mass is 10.1. The number of carbonyl (C=O) groups is 1. The number of rotatable bonds is 3. The number of H-pyrrole nitrogens is 1. The molecule has 122 valence electrons. The fraction of sp³-hybridized carbons (Fsp3) is 0.278. The largest absolute Gasteiger partial charge is 0.346 e. The minimum absolute atomic E-state index is 0.0432. The Balaban J connectivity index is 1.59. The predicted octanol–water partition coefficient (Wildman–Crippen LogP) is 2.25. The summed E-state index contributed by atoms with van der Waals surface area (Å²) < 4.78 is 2.04. The maximum absolute atomic E-state index is 12.6. The van der Waals surface area contributed by atoms with Crippen molar-refractivity contribution >= 4 is 16.7 Å². The molecule has 0 aliphatic heterocycles. The number of imidazole rings is 1. The van der Waals surface area contributed by atoms with Crippen molar-refractivity contribution in [3.63, 3.8) is 0 Å². The van der Waals surface area contributed by atoms with Crippen LogP contribution in [0.5, 0.6) is 0 Å². The molecule has 6 heteroatoms. The molecule has 1 aliphatic carbocycles. The molecule has 4 rings (SSSR count). The molecule has 0 bridgehead atoms. The van der Waals surface area contributed by atoms with Crippen molar-refractivity contribution in [1.29, 1.82) is 0 Å². The Morgan fingerprint density at radius 3 is 3.00 bits per heavy atom. The number of aromatic nitrogens is 3. The number of hydrogen-bond donors (Lipinski definition) is 2. The third-order valence-corrected chi connectivity index (χ3v) is 4.70. The first-order valence-electron chi connectivity index (χ1n) is 8.13. The van der Waals surface area contributed by atoms with E-state index in [9.17, 15) is 9.59 Å². The molecule has 2 atom stereocenters. The van der Waals surface area contributed by atoms with Crippen molar-refractivity contribution in [1.82, 2.24) is 19.9 Å². The van der Waals surface area contributed by atoms with Crippen molar-refractivity contribution in [2.45, 2.75) is 31.3 Å². The summed E-state index contributed by atoms with van der Waals surface area (Å²) in [5.41, 5.74) is 0.0609. The number of carbonyl (C=O) groups excluding carboxylic acids is 1. The van der Waals surface area contributed by atoms with E-state index in [0.29, 0.717) is 11.1 Å². The molecular weight excluding hydrogens is 304 g/mol. The highest BCUT2D eigenvalue weighted by atomic mass is 16.2. The van der Waals surface area contributed by atoms with Crippen LogP contribution in [-0.4, -0.2) is 26.5 Å². The molecule has 3 aromatic rings. The molecule has 1 aromatic carbocycles. The molecule has 2 N–H and O–H groups in total. The average molecular weight is 322 g/mol. The van der Waals surface area contributed by atoms with Gasteiger partial charge in [-0.25, -0.2) is 4.98 Å². The number of nitrogens with one attached hydrogen (secondary N) is 2. The number of nitrogens with zero attached hydrogens (tertiary/aromatic N) is 2. The lowest BCUT2D eigenvalue weighted by molar-refractivity contribution is 0.0923. The Morgan fingerprint density at radius 1 is 1.29 bits per heavy atom. The van der Waals surface area contributed by atoms with E-state index >= 15 is 0 Å². The van der Waals surface area contributed by atoms with Crippen LogP contribution in [0.15, 0.2) is 53.8 Å². The molecular formula is C18H18N4O2. The van der Waals surface area contributed by atoms with Gasteiger partial charge in [-0.15, -0.1) is 0 Å². The smallest absolute Gasteiger partial charge is 0.268 e. The van der Waals surface area contributed by atoms with Crippen LogP contribution in [0.4, 0.5) is 0 Å². The standard InChI is InChI=1S/C18H18N4O2/c23-17-13-5-2-1-4-12(13)10-15(21-17)18(24)20-14-6-3-7-16(14)22-9-8-19-11-22/h1-2,4-5,8-11,14,16H,3,6-7H2,(H,20,24)(H,21,23)/t14-,16+/m1/s1.